The molecule has 0 aliphatic rings. The molecule has 1 heteroatoms. The van der Waals surface area contributed by atoms with Crippen LogP contribution in [0.25, 0.3) is 11.1 Å². The molecule has 0 radical (unpaired) electrons. The summed E-state index contributed by atoms with van der Waals surface area (Å²) >= 11 is 5.95. The summed E-state index contributed by atoms with van der Waals surface area (Å²) < 4.78 is 0. The Morgan fingerprint density at radius 1 is 0.889 bits per heavy atom. The molecule has 0 aromatic heterocycles. The van der Waals surface area contributed by atoms with Crippen LogP contribution < -0.4 is 0 Å². The maximum Gasteiger partial charge on any atom is 0.0406 e. The lowest BCUT2D eigenvalue weighted by molar-refractivity contribution is 0.412. The molecule has 2 rings (SSSR count). The Balaban J connectivity index is 2.41. The van der Waals surface area contributed by atoms with E-state index in [0.29, 0.717) is 5.41 Å². The summed E-state index contributed by atoms with van der Waals surface area (Å²) in [6, 6.07) is 16.7. The van der Waals surface area contributed by atoms with E-state index in [0.717, 1.165) is 11.4 Å². The van der Waals surface area contributed by atoms with Gasteiger partial charge in [-0.1, -0.05) is 68.8 Å². The van der Waals surface area contributed by atoms with Crippen LogP contribution in [-0.2, 0) is 6.42 Å². The first kappa shape index (κ1) is 13.2. The third kappa shape index (κ3) is 3.36. The lowest BCUT2D eigenvalue weighted by Gasteiger charge is -2.20. The number of benzene rings is 2. The van der Waals surface area contributed by atoms with Gasteiger partial charge in [-0.2, -0.15) is 0 Å². The molecule has 0 saturated heterocycles. The number of hydrogen-bond donors (Lipinski definition) is 0. The van der Waals surface area contributed by atoms with E-state index in [1.165, 1.54) is 16.7 Å². The van der Waals surface area contributed by atoms with Gasteiger partial charge in [0.2, 0.25) is 0 Å². The molecule has 0 amide bonds. The van der Waals surface area contributed by atoms with Crippen LogP contribution in [-0.4, -0.2) is 0 Å². The molecular weight excluding hydrogens is 240 g/mol. The molecular formula is C17H19Cl. The van der Waals surface area contributed by atoms with Crippen LogP contribution in [0.3, 0.4) is 0 Å². The molecule has 0 heterocycles. The quantitative estimate of drug-likeness (QED) is 0.658. The minimum atomic E-state index is 0.294. The van der Waals surface area contributed by atoms with Crippen molar-refractivity contribution in [3.05, 3.63) is 59.1 Å². The summed E-state index contributed by atoms with van der Waals surface area (Å²) in [5.74, 6) is 0. The fraction of sp³-hybridized carbons (Fsp3) is 0.294. The first-order valence-electron chi connectivity index (χ1n) is 6.29. The minimum absolute atomic E-state index is 0.294. The SMILES string of the molecule is CC(C)(C)Cc1ccccc1-c1ccc(Cl)cc1. The highest BCUT2D eigenvalue weighted by atomic mass is 35.5. The molecule has 0 unspecified atom stereocenters. The van der Waals surface area contributed by atoms with Crippen LogP contribution in [0.4, 0.5) is 0 Å². The van der Waals surface area contributed by atoms with Gasteiger partial charge in [-0.15, -0.1) is 0 Å². The zero-order valence-corrected chi connectivity index (χ0v) is 12.0. The van der Waals surface area contributed by atoms with E-state index in [1.54, 1.807) is 0 Å². The predicted octanol–water partition coefficient (Wildman–Crippen LogP) is 5.60. The van der Waals surface area contributed by atoms with Crippen molar-refractivity contribution in [1.82, 2.24) is 0 Å². The van der Waals surface area contributed by atoms with Gasteiger partial charge in [0.1, 0.15) is 0 Å². The maximum atomic E-state index is 5.95. The summed E-state index contributed by atoms with van der Waals surface area (Å²) in [6.45, 7) is 6.81. The molecule has 0 fully saturated rings. The highest BCUT2D eigenvalue weighted by Crippen LogP contribution is 2.30. The van der Waals surface area contributed by atoms with E-state index < -0.39 is 0 Å². The van der Waals surface area contributed by atoms with Crippen LogP contribution in [0.2, 0.25) is 5.02 Å². The third-order valence-corrected chi connectivity index (χ3v) is 3.15. The first-order chi connectivity index (χ1) is 8.46. The van der Waals surface area contributed by atoms with E-state index >= 15 is 0 Å². The van der Waals surface area contributed by atoms with Gasteiger partial charge < -0.3 is 0 Å². The fourth-order valence-corrected chi connectivity index (χ4v) is 2.28. The number of hydrogen-bond acceptors (Lipinski definition) is 0. The standard InChI is InChI=1S/C17H19Cl/c1-17(2,3)12-14-6-4-5-7-16(14)13-8-10-15(18)11-9-13/h4-11H,12H2,1-3H3. The number of rotatable bonds is 2. The van der Waals surface area contributed by atoms with Crippen molar-refractivity contribution in [3.63, 3.8) is 0 Å². The van der Waals surface area contributed by atoms with Crippen molar-refractivity contribution in [3.8, 4) is 11.1 Å². The van der Waals surface area contributed by atoms with Gasteiger partial charge in [0, 0.05) is 5.02 Å². The Bertz CT molecular complexity index is 518. The lowest BCUT2D eigenvalue weighted by Crippen LogP contribution is -2.09. The molecule has 0 aliphatic heterocycles. The second-order valence-corrected chi connectivity index (χ2v) is 6.34. The van der Waals surface area contributed by atoms with Crippen LogP contribution in [0.5, 0.6) is 0 Å². The van der Waals surface area contributed by atoms with Crippen molar-refractivity contribution < 1.29 is 0 Å². The topological polar surface area (TPSA) is 0 Å². The van der Waals surface area contributed by atoms with Crippen LogP contribution in [0, 0.1) is 5.41 Å². The van der Waals surface area contributed by atoms with E-state index in [2.05, 4.69) is 57.2 Å². The maximum absolute atomic E-state index is 5.95. The predicted molar refractivity (Wildman–Crippen MR) is 80.0 cm³/mol. The average Bonchev–Trinajstić information content (AvgIpc) is 2.29. The molecule has 0 spiro atoms. The van der Waals surface area contributed by atoms with Gasteiger partial charge in [0.15, 0.2) is 0 Å². The van der Waals surface area contributed by atoms with Gasteiger partial charge in [0.05, 0.1) is 0 Å². The fourth-order valence-electron chi connectivity index (χ4n) is 2.16. The zero-order chi connectivity index (χ0) is 13.2. The minimum Gasteiger partial charge on any atom is -0.0843 e. The van der Waals surface area contributed by atoms with Crippen molar-refractivity contribution in [1.29, 1.82) is 0 Å². The molecule has 0 bridgehead atoms. The monoisotopic (exact) mass is 258 g/mol. The normalized spacial score (nSPS) is 11.6. The van der Waals surface area contributed by atoms with E-state index in [4.69, 9.17) is 11.6 Å². The molecule has 0 nitrogen and oxygen atoms in total. The molecule has 94 valence electrons. The van der Waals surface area contributed by atoms with E-state index in [9.17, 15) is 0 Å². The van der Waals surface area contributed by atoms with Gasteiger partial charge in [-0.3, -0.25) is 0 Å². The molecule has 0 N–H and O–H groups in total. The summed E-state index contributed by atoms with van der Waals surface area (Å²) in [7, 11) is 0. The molecule has 2 aromatic carbocycles. The van der Waals surface area contributed by atoms with Crippen LogP contribution in [0.15, 0.2) is 48.5 Å². The van der Waals surface area contributed by atoms with Gasteiger partial charge >= 0.3 is 0 Å². The van der Waals surface area contributed by atoms with Gasteiger partial charge in [-0.05, 0) is 40.7 Å². The Hall–Kier alpha value is -1.27. The first-order valence-corrected chi connectivity index (χ1v) is 6.67. The second kappa shape index (κ2) is 5.16. The molecule has 2 aromatic rings. The van der Waals surface area contributed by atoms with Crippen LogP contribution >= 0.6 is 11.6 Å². The van der Waals surface area contributed by atoms with E-state index in [-0.39, 0.29) is 0 Å². The number of halogens is 1. The molecule has 0 saturated carbocycles. The third-order valence-electron chi connectivity index (χ3n) is 2.89. The Morgan fingerprint density at radius 3 is 2.11 bits per heavy atom. The highest BCUT2D eigenvalue weighted by molar-refractivity contribution is 6.30. The molecule has 0 atom stereocenters. The molecule has 0 aliphatic carbocycles. The summed E-state index contributed by atoms with van der Waals surface area (Å²) in [4.78, 5) is 0. The highest BCUT2D eigenvalue weighted by Gasteiger charge is 2.14. The Morgan fingerprint density at radius 2 is 1.50 bits per heavy atom. The van der Waals surface area contributed by atoms with Gasteiger partial charge in [0.25, 0.3) is 0 Å². The van der Waals surface area contributed by atoms with Crippen molar-refractivity contribution >= 4 is 11.6 Å². The van der Waals surface area contributed by atoms with Crippen molar-refractivity contribution in [2.75, 3.05) is 0 Å². The van der Waals surface area contributed by atoms with Crippen LogP contribution in [0.1, 0.15) is 26.3 Å². The summed E-state index contributed by atoms with van der Waals surface area (Å²) in [6.07, 6.45) is 1.08. The lowest BCUT2D eigenvalue weighted by atomic mass is 9.85. The largest absolute Gasteiger partial charge is 0.0843 e. The summed E-state index contributed by atoms with van der Waals surface area (Å²) in [5.41, 5.74) is 4.23. The Labute approximate surface area is 115 Å². The van der Waals surface area contributed by atoms with E-state index in [1.807, 2.05) is 12.1 Å². The van der Waals surface area contributed by atoms with Gasteiger partial charge in [-0.25, -0.2) is 0 Å². The van der Waals surface area contributed by atoms with Crippen molar-refractivity contribution in [2.24, 2.45) is 5.41 Å². The van der Waals surface area contributed by atoms with Crippen molar-refractivity contribution in [2.45, 2.75) is 27.2 Å². The smallest absolute Gasteiger partial charge is 0.0406 e. The average molecular weight is 259 g/mol. The Kier molecular flexibility index (Phi) is 3.77. The molecule has 18 heavy (non-hydrogen) atoms. The summed E-state index contributed by atoms with van der Waals surface area (Å²) in [5, 5.41) is 0.784. The zero-order valence-electron chi connectivity index (χ0n) is 11.2. The second-order valence-electron chi connectivity index (χ2n) is 5.90.